The van der Waals surface area contributed by atoms with Crippen LogP contribution in [-0.2, 0) is 6.18 Å². The largest absolute Gasteiger partial charge is 0.481 e. The van der Waals surface area contributed by atoms with Crippen molar-refractivity contribution in [2.75, 3.05) is 24.0 Å². The summed E-state index contributed by atoms with van der Waals surface area (Å²) in [5.41, 5.74) is 0.386. The van der Waals surface area contributed by atoms with Crippen LogP contribution in [0.3, 0.4) is 0 Å². The summed E-state index contributed by atoms with van der Waals surface area (Å²) in [6.45, 7) is 0. The number of nitrogens with one attached hydrogen (secondary N) is 2. The molecule has 0 unspecified atom stereocenters. The number of nitrogens with zero attached hydrogens (tertiary/aromatic N) is 3. The monoisotopic (exact) mass is 365 g/mol. The van der Waals surface area contributed by atoms with E-state index in [9.17, 15) is 18.0 Å². The van der Waals surface area contributed by atoms with Crippen molar-refractivity contribution in [2.24, 2.45) is 0 Å². The quantitative estimate of drug-likeness (QED) is 0.808. The van der Waals surface area contributed by atoms with Crippen LogP contribution < -0.4 is 15.4 Å². The standard InChI is InChI=1S/C11H10F3N5O2S2/c1-21-6-4-3-5(7(16-6)22-2)15-9(20)17-10-19-18-8(23-10)11(12,13)14/h3-4H,1-2H3,(H2,15,17,19,20). The molecule has 0 spiro atoms. The van der Waals surface area contributed by atoms with E-state index in [0.717, 1.165) is 0 Å². The summed E-state index contributed by atoms with van der Waals surface area (Å²) in [7, 11) is 1.46. The maximum Gasteiger partial charge on any atom is 0.445 e. The lowest BCUT2D eigenvalue weighted by Gasteiger charge is -2.09. The second-order valence-electron chi connectivity index (χ2n) is 3.90. The van der Waals surface area contributed by atoms with Crippen LogP contribution >= 0.6 is 23.1 Å². The number of carbonyl (C=O) groups excluding carboxylic acids is 1. The first-order valence-electron chi connectivity index (χ1n) is 5.91. The van der Waals surface area contributed by atoms with Crippen molar-refractivity contribution < 1.29 is 22.7 Å². The molecule has 0 aliphatic rings. The zero-order valence-electron chi connectivity index (χ0n) is 11.8. The van der Waals surface area contributed by atoms with Crippen LogP contribution in [0.15, 0.2) is 17.2 Å². The fourth-order valence-corrected chi connectivity index (χ4v) is 2.55. The third kappa shape index (κ3) is 4.45. The van der Waals surface area contributed by atoms with Gasteiger partial charge in [-0.3, -0.25) is 5.32 Å². The number of urea groups is 1. The highest BCUT2D eigenvalue weighted by atomic mass is 32.2. The van der Waals surface area contributed by atoms with Gasteiger partial charge in [-0.25, -0.2) is 9.78 Å². The second-order valence-corrected chi connectivity index (χ2v) is 5.67. The van der Waals surface area contributed by atoms with Crippen molar-refractivity contribution in [3.8, 4) is 5.88 Å². The molecule has 0 fully saturated rings. The minimum Gasteiger partial charge on any atom is -0.481 e. The van der Waals surface area contributed by atoms with E-state index in [1.807, 2.05) is 0 Å². The van der Waals surface area contributed by atoms with Crippen molar-refractivity contribution in [1.29, 1.82) is 0 Å². The molecule has 2 amide bonds. The number of ether oxygens (including phenoxy) is 1. The van der Waals surface area contributed by atoms with Crippen LogP contribution in [-0.4, -0.2) is 34.6 Å². The molecule has 0 aliphatic carbocycles. The number of anilines is 2. The Labute approximate surface area is 136 Å². The Morgan fingerprint density at radius 1 is 1.30 bits per heavy atom. The molecule has 0 bridgehead atoms. The summed E-state index contributed by atoms with van der Waals surface area (Å²) >= 11 is 1.51. The molecule has 12 heteroatoms. The van der Waals surface area contributed by atoms with E-state index in [2.05, 4.69) is 25.8 Å². The summed E-state index contributed by atoms with van der Waals surface area (Å²) < 4.78 is 42.2. The number of carbonyl (C=O) groups is 1. The lowest BCUT2D eigenvalue weighted by atomic mass is 10.4. The zero-order chi connectivity index (χ0) is 17.0. The van der Waals surface area contributed by atoms with Gasteiger partial charge in [0.1, 0.15) is 5.03 Å². The number of methoxy groups -OCH3 is 1. The first-order valence-corrected chi connectivity index (χ1v) is 7.95. The summed E-state index contributed by atoms with van der Waals surface area (Å²) in [6, 6.07) is 2.36. The molecule has 23 heavy (non-hydrogen) atoms. The molecule has 0 atom stereocenters. The smallest absolute Gasteiger partial charge is 0.445 e. The number of hydrogen-bond acceptors (Lipinski definition) is 7. The van der Waals surface area contributed by atoms with Gasteiger partial charge in [0.25, 0.3) is 0 Å². The van der Waals surface area contributed by atoms with Crippen molar-refractivity contribution in [1.82, 2.24) is 15.2 Å². The molecular weight excluding hydrogens is 355 g/mol. The molecule has 2 rings (SSSR count). The van der Waals surface area contributed by atoms with Gasteiger partial charge < -0.3 is 10.1 Å². The van der Waals surface area contributed by atoms with Crippen LogP contribution in [0, 0.1) is 0 Å². The van der Waals surface area contributed by atoms with E-state index in [0.29, 0.717) is 16.6 Å². The molecule has 0 saturated carbocycles. The van der Waals surface area contributed by atoms with E-state index in [1.165, 1.54) is 18.9 Å². The fraction of sp³-hybridized carbons (Fsp3) is 0.273. The fourth-order valence-electron chi connectivity index (χ4n) is 1.43. The minimum atomic E-state index is -4.60. The maximum atomic E-state index is 12.4. The normalized spacial score (nSPS) is 11.2. The van der Waals surface area contributed by atoms with Crippen LogP contribution in [0.2, 0.25) is 0 Å². The van der Waals surface area contributed by atoms with Gasteiger partial charge in [0.05, 0.1) is 12.8 Å². The molecule has 7 nitrogen and oxygen atoms in total. The molecule has 0 radical (unpaired) electrons. The Kier molecular flexibility index (Phi) is 5.26. The van der Waals surface area contributed by atoms with Crippen LogP contribution in [0.1, 0.15) is 5.01 Å². The third-order valence-corrected chi connectivity index (χ3v) is 3.95. The average Bonchev–Trinajstić information content (AvgIpc) is 2.96. The number of amides is 2. The van der Waals surface area contributed by atoms with Gasteiger partial charge in [0, 0.05) is 6.07 Å². The summed E-state index contributed by atoms with van der Waals surface area (Å²) in [5.74, 6) is 0.374. The second kappa shape index (κ2) is 7.00. The topological polar surface area (TPSA) is 89.0 Å². The van der Waals surface area contributed by atoms with E-state index in [1.54, 1.807) is 18.4 Å². The van der Waals surface area contributed by atoms with Gasteiger partial charge in [-0.2, -0.15) is 13.2 Å². The first kappa shape index (κ1) is 17.3. The molecule has 0 aromatic carbocycles. The molecule has 2 aromatic heterocycles. The van der Waals surface area contributed by atoms with Crippen molar-refractivity contribution in [3.05, 3.63) is 17.1 Å². The average molecular weight is 365 g/mol. The van der Waals surface area contributed by atoms with E-state index < -0.39 is 17.2 Å². The Hall–Kier alpha value is -2.08. The van der Waals surface area contributed by atoms with Gasteiger partial charge in [-0.15, -0.1) is 22.0 Å². The van der Waals surface area contributed by atoms with Crippen LogP contribution in [0.4, 0.5) is 28.8 Å². The SMILES string of the molecule is COc1ccc(NC(=O)Nc2nnc(C(F)(F)F)s2)c(SC)n1. The van der Waals surface area contributed by atoms with Gasteiger partial charge >= 0.3 is 12.2 Å². The molecule has 0 saturated heterocycles. The Morgan fingerprint density at radius 2 is 2.04 bits per heavy atom. The van der Waals surface area contributed by atoms with Gasteiger partial charge in [0.2, 0.25) is 16.0 Å². The molecule has 0 aliphatic heterocycles. The lowest BCUT2D eigenvalue weighted by molar-refractivity contribution is -0.138. The molecular formula is C11H10F3N5O2S2. The number of hydrogen-bond donors (Lipinski definition) is 2. The van der Waals surface area contributed by atoms with Crippen molar-refractivity contribution >= 4 is 39.9 Å². The summed E-state index contributed by atoms with van der Waals surface area (Å²) in [5, 5.41) is 10.0. The Morgan fingerprint density at radius 3 is 2.61 bits per heavy atom. The highest BCUT2D eigenvalue weighted by molar-refractivity contribution is 7.98. The van der Waals surface area contributed by atoms with E-state index >= 15 is 0 Å². The Balaban J connectivity index is 2.06. The summed E-state index contributed by atoms with van der Waals surface area (Å²) in [6.07, 6.45) is -2.84. The van der Waals surface area contributed by atoms with Gasteiger partial charge in [-0.1, -0.05) is 11.3 Å². The molecule has 2 aromatic rings. The lowest BCUT2D eigenvalue weighted by Crippen LogP contribution is -2.20. The predicted octanol–water partition coefficient (Wildman–Crippen LogP) is 3.33. The van der Waals surface area contributed by atoms with Crippen LogP contribution in [0.5, 0.6) is 5.88 Å². The molecule has 2 heterocycles. The molecule has 2 N–H and O–H groups in total. The van der Waals surface area contributed by atoms with Gasteiger partial charge in [-0.05, 0) is 12.3 Å². The number of pyridine rings is 1. The van der Waals surface area contributed by atoms with Crippen molar-refractivity contribution in [3.63, 3.8) is 0 Å². The minimum absolute atomic E-state index is 0.235. The zero-order valence-corrected chi connectivity index (χ0v) is 13.4. The highest BCUT2D eigenvalue weighted by Crippen LogP contribution is 2.33. The summed E-state index contributed by atoms with van der Waals surface area (Å²) in [4.78, 5) is 16.0. The number of alkyl halides is 3. The number of halogens is 3. The maximum absolute atomic E-state index is 12.4. The van der Waals surface area contributed by atoms with E-state index in [4.69, 9.17) is 4.74 Å². The number of thioether (sulfide) groups is 1. The molecule has 124 valence electrons. The first-order chi connectivity index (χ1) is 10.8. The van der Waals surface area contributed by atoms with Crippen molar-refractivity contribution in [2.45, 2.75) is 11.2 Å². The van der Waals surface area contributed by atoms with E-state index in [-0.39, 0.29) is 16.5 Å². The predicted molar refractivity (Wildman–Crippen MR) is 80.1 cm³/mol. The van der Waals surface area contributed by atoms with Crippen LogP contribution in [0.25, 0.3) is 0 Å². The Bertz CT molecular complexity index is 707. The number of aromatic nitrogens is 3. The highest BCUT2D eigenvalue weighted by Gasteiger charge is 2.35. The van der Waals surface area contributed by atoms with Gasteiger partial charge in [0.15, 0.2) is 0 Å². The third-order valence-electron chi connectivity index (χ3n) is 2.37. The number of rotatable bonds is 4.